The van der Waals surface area contributed by atoms with E-state index in [-0.39, 0.29) is 0 Å². The van der Waals surface area contributed by atoms with Crippen LogP contribution in [0.5, 0.6) is 0 Å². The molecule has 1 fully saturated rings. The Morgan fingerprint density at radius 2 is 1.60 bits per heavy atom. The zero-order valence-electron chi connectivity index (χ0n) is 13.0. The fourth-order valence-corrected chi connectivity index (χ4v) is 3.00. The van der Waals surface area contributed by atoms with Crippen LogP contribution in [0.2, 0.25) is 0 Å². The van der Waals surface area contributed by atoms with Crippen molar-refractivity contribution < 1.29 is 0 Å². The average molecular weight is 275 g/mol. The molecule has 1 aliphatic heterocycles. The summed E-state index contributed by atoms with van der Waals surface area (Å²) in [5.74, 6) is 0.770. The highest BCUT2D eigenvalue weighted by Gasteiger charge is 2.18. The highest BCUT2D eigenvalue weighted by atomic mass is 15.3. The van der Waals surface area contributed by atoms with Crippen molar-refractivity contribution in [2.24, 2.45) is 11.7 Å². The molecule has 1 heterocycles. The Kier molecular flexibility index (Phi) is 6.02. The zero-order valence-corrected chi connectivity index (χ0v) is 13.0. The Morgan fingerprint density at radius 1 is 1.00 bits per heavy atom. The molecule has 1 aliphatic rings. The van der Waals surface area contributed by atoms with Crippen molar-refractivity contribution in [1.29, 1.82) is 0 Å². The molecule has 1 aromatic carbocycles. The minimum absolute atomic E-state index is 0.735. The standard InChI is InChI=1S/C17H29N3/c1-15(2)13-19-9-11-20(12-10-19)14-17-6-4-3-5-16(17)7-8-18/h3-6,15H,7-14,18H2,1-2H3. The molecule has 2 rings (SSSR count). The Bertz CT molecular complexity index is 395. The summed E-state index contributed by atoms with van der Waals surface area (Å²) >= 11 is 0. The Hall–Kier alpha value is -0.900. The summed E-state index contributed by atoms with van der Waals surface area (Å²) in [6.07, 6.45) is 0.990. The van der Waals surface area contributed by atoms with Crippen LogP contribution < -0.4 is 5.73 Å². The van der Waals surface area contributed by atoms with Gasteiger partial charge in [-0.25, -0.2) is 0 Å². The van der Waals surface area contributed by atoms with Crippen molar-refractivity contribution in [2.75, 3.05) is 39.3 Å². The molecular formula is C17H29N3. The van der Waals surface area contributed by atoms with Gasteiger partial charge in [0.1, 0.15) is 0 Å². The predicted octanol–water partition coefficient (Wildman–Crippen LogP) is 1.96. The summed E-state index contributed by atoms with van der Waals surface area (Å²) in [7, 11) is 0. The summed E-state index contributed by atoms with van der Waals surface area (Å²) < 4.78 is 0. The topological polar surface area (TPSA) is 32.5 Å². The molecule has 20 heavy (non-hydrogen) atoms. The number of rotatable bonds is 6. The van der Waals surface area contributed by atoms with E-state index in [1.807, 2.05) is 0 Å². The molecule has 3 heteroatoms. The van der Waals surface area contributed by atoms with Gasteiger partial charge in [0.15, 0.2) is 0 Å². The van der Waals surface area contributed by atoms with E-state index in [1.165, 1.54) is 43.9 Å². The molecule has 3 nitrogen and oxygen atoms in total. The molecule has 1 aromatic rings. The number of nitrogens with zero attached hydrogens (tertiary/aromatic N) is 2. The second-order valence-electron chi connectivity index (χ2n) is 6.28. The normalized spacial score (nSPS) is 17.8. The van der Waals surface area contributed by atoms with Crippen molar-refractivity contribution in [1.82, 2.24) is 9.80 Å². The molecule has 0 amide bonds. The van der Waals surface area contributed by atoms with Gasteiger partial charge in [0, 0.05) is 39.3 Å². The third-order valence-corrected chi connectivity index (χ3v) is 4.01. The van der Waals surface area contributed by atoms with Crippen LogP contribution in [0.4, 0.5) is 0 Å². The molecule has 0 aromatic heterocycles. The molecular weight excluding hydrogens is 246 g/mol. The van der Waals surface area contributed by atoms with Crippen LogP contribution in [0.3, 0.4) is 0 Å². The number of nitrogens with two attached hydrogens (primary N) is 1. The number of hydrogen-bond acceptors (Lipinski definition) is 3. The molecule has 1 saturated heterocycles. The lowest BCUT2D eigenvalue weighted by Crippen LogP contribution is -2.46. The Morgan fingerprint density at radius 3 is 2.20 bits per heavy atom. The molecule has 0 aliphatic carbocycles. The number of hydrogen-bond donors (Lipinski definition) is 1. The highest BCUT2D eigenvalue weighted by molar-refractivity contribution is 5.27. The lowest BCUT2D eigenvalue weighted by Gasteiger charge is -2.35. The van der Waals surface area contributed by atoms with Gasteiger partial charge >= 0.3 is 0 Å². The van der Waals surface area contributed by atoms with Gasteiger partial charge in [0.05, 0.1) is 0 Å². The highest BCUT2D eigenvalue weighted by Crippen LogP contribution is 2.14. The largest absolute Gasteiger partial charge is 0.330 e. The third-order valence-electron chi connectivity index (χ3n) is 4.01. The first kappa shape index (κ1) is 15.5. The lowest BCUT2D eigenvalue weighted by molar-refractivity contribution is 0.117. The van der Waals surface area contributed by atoms with Crippen LogP contribution in [0.1, 0.15) is 25.0 Å². The zero-order chi connectivity index (χ0) is 14.4. The van der Waals surface area contributed by atoms with Gasteiger partial charge in [-0.15, -0.1) is 0 Å². The van der Waals surface area contributed by atoms with Crippen molar-refractivity contribution >= 4 is 0 Å². The van der Waals surface area contributed by atoms with Gasteiger partial charge in [0.25, 0.3) is 0 Å². The third kappa shape index (κ3) is 4.58. The van der Waals surface area contributed by atoms with Crippen LogP contribution >= 0.6 is 0 Å². The maximum Gasteiger partial charge on any atom is 0.0237 e. The SMILES string of the molecule is CC(C)CN1CCN(Cc2ccccc2CCN)CC1. The summed E-state index contributed by atoms with van der Waals surface area (Å²) in [4.78, 5) is 5.17. The molecule has 0 unspecified atom stereocenters. The summed E-state index contributed by atoms with van der Waals surface area (Å²) in [5.41, 5.74) is 8.58. The second-order valence-corrected chi connectivity index (χ2v) is 6.28. The van der Waals surface area contributed by atoms with E-state index in [0.29, 0.717) is 0 Å². The van der Waals surface area contributed by atoms with Gasteiger partial charge in [-0.05, 0) is 30.0 Å². The fourth-order valence-electron chi connectivity index (χ4n) is 3.00. The lowest BCUT2D eigenvalue weighted by atomic mass is 10.0. The van der Waals surface area contributed by atoms with Crippen LogP contribution in [0.15, 0.2) is 24.3 Å². The Balaban J connectivity index is 1.86. The quantitative estimate of drug-likeness (QED) is 0.861. The summed E-state index contributed by atoms with van der Waals surface area (Å²) in [6, 6.07) is 8.74. The fraction of sp³-hybridized carbons (Fsp3) is 0.647. The first-order chi connectivity index (χ1) is 9.69. The molecule has 0 spiro atoms. The molecule has 112 valence electrons. The van der Waals surface area contributed by atoms with Crippen molar-refractivity contribution in [3.05, 3.63) is 35.4 Å². The first-order valence-electron chi connectivity index (χ1n) is 7.90. The number of benzene rings is 1. The summed E-state index contributed by atoms with van der Waals surface area (Å²) in [6.45, 7) is 12.4. The number of piperazine rings is 1. The van der Waals surface area contributed by atoms with Gasteiger partial charge in [-0.1, -0.05) is 38.1 Å². The van der Waals surface area contributed by atoms with Crippen LogP contribution in [0.25, 0.3) is 0 Å². The predicted molar refractivity (Wildman–Crippen MR) is 85.8 cm³/mol. The van der Waals surface area contributed by atoms with Gasteiger partial charge in [-0.2, -0.15) is 0 Å². The molecule has 0 atom stereocenters. The van der Waals surface area contributed by atoms with Crippen LogP contribution in [-0.4, -0.2) is 49.1 Å². The van der Waals surface area contributed by atoms with Crippen LogP contribution in [-0.2, 0) is 13.0 Å². The minimum atomic E-state index is 0.735. The van der Waals surface area contributed by atoms with Crippen LogP contribution in [0, 0.1) is 5.92 Å². The molecule has 2 N–H and O–H groups in total. The maximum atomic E-state index is 5.71. The van der Waals surface area contributed by atoms with E-state index in [9.17, 15) is 0 Å². The summed E-state index contributed by atoms with van der Waals surface area (Å²) in [5, 5.41) is 0. The minimum Gasteiger partial charge on any atom is -0.330 e. The van der Waals surface area contributed by atoms with E-state index >= 15 is 0 Å². The van der Waals surface area contributed by atoms with Gasteiger partial charge in [-0.3, -0.25) is 4.90 Å². The van der Waals surface area contributed by atoms with E-state index in [0.717, 1.165) is 25.4 Å². The van der Waals surface area contributed by atoms with Gasteiger partial charge < -0.3 is 10.6 Å². The van der Waals surface area contributed by atoms with E-state index in [1.54, 1.807) is 0 Å². The maximum absolute atomic E-state index is 5.71. The smallest absolute Gasteiger partial charge is 0.0237 e. The Labute approximate surface area is 123 Å². The average Bonchev–Trinajstić information content (AvgIpc) is 2.43. The molecule has 0 radical (unpaired) electrons. The van der Waals surface area contributed by atoms with E-state index < -0.39 is 0 Å². The van der Waals surface area contributed by atoms with E-state index in [2.05, 4.69) is 47.9 Å². The molecule has 0 saturated carbocycles. The first-order valence-corrected chi connectivity index (χ1v) is 7.90. The second kappa shape index (κ2) is 7.77. The molecule has 0 bridgehead atoms. The van der Waals surface area contributed by atoms with Gasteiger partial charge in [0.2, 0.25) is 0 Å². The van der Waals surface area contributed by atoms with Crippen molar-refractivity contribution in [3.8, 4) is 0 Å². The monoisotopic (exact) mass is 275 g/mol. The van der Waals surface area contributed by atoms with E-state index in [4.69, 9.17) is 5.73 Å². The van der Waals surface area contributed by atoms with Crippen molar-refractivity contribution in [3.63, 3.8) is 0 Å². The van der Waals surface area contributed by atoms with Crippen molar-refractivity contribution in [2.45, 2.75) is 26.8 Å².